The Labute approximate surface area is 110 Å². The molecule has 0 amide bonds. The van der Waals surface area contributed by atoms with Crippen molar-refractivity contribution in [3.05, 3.63) is 0 Å². The molecule has 0 radical (unpaired) electrons. The maximum Gasteiger partial charge on any atom is 0.193 e. The maximum absolute atomic E-state index is 9.04. The predicted octanol–water partition coefficient (Wildman–Crippen LogP) is 0.549. The van der Waals surface area contributed by atoms with Crippen LogP contribution in [0.3, 0.4) is 0 Å². The maximum atomic E-state index is 9.04. The molecule has 1 saturated heterocycles. The van der Waals surface area contributed by atoms with Crippen molar-refractivity contribution in [2.45, 2.75) is 20.3 Å². The summed E-state index contributed by atoms with van der Waals surface area (Å²) in [6, 6.07) is 0. The van der Waals surface area contributed by atoms with Gasteiger partial charge in [-0.1, -0.05) is 6.92 Å². The first-order valence-corrected chi connectivity index (χ1v) is 6.84. The average Bonchev–Trinajstić information content (AvgIpc) is 2.83. The van der Waals surface area contributed by atoms with Gasteiger partial charge in [0.25, 0.3) is 0 Å². The topological polar surface area (TPSA) is 57.1 Å². The minimum absolute atomic E-state index is 0.190. The fourth-order valence-corrected chi connectivity index (χ4v) is 2.12. The molecule has 18 heavy (non-hydrogen) atoms. The summed E-state index contributed by atoms with van der Waals surface area (Å²) >= 11 is 0. The van der Waals surface area contributed by atoms with E-state index in [-0.39, 0.29) is 12.5 Å². The van der Waals surface area contributed by atoms with Gasteiger partial charge < -0.3 is 20.1 Å². The Kier molecular flexibility index (Phi) is 7.05. The van der Waals surface area contributed by atoms with Crippen molar-refractivity contribution in [3.63, 3.8) is 0 Å². The summed E-state index contributed by atoms with van der Waals surface area (Å²) in [5.74, 6) is 1.79. The summed E-state index contributed by atoms with van der Waals surface area (Å²) in [7, 11) is 1.75. The molecule has 0 spiro atoms. The standard InChI is InChI=1S/C13H27N3O2/c1-4-14-13(15-7-11(2)9-17)16-6-5-12(8-16)10-18-3/h11-12,17H,4-10H2,1-3H3,(H,14,15). The average molecular weight is 257 g/mol. The summed E-state index contributed by atoms with van der Waals surface area (Å²) < 4.78 is 5.21. The molecule has 5 nitrogen and oxygen atoms in total. The van der Waals surface area contributed by atoms with Crippen LogP contribution in [-0.2, 0) is 4.74 Å². The highest BCUT2D eigenvalue weighted by atomic mass is 16.5. The van der Waals surface area contributed by atoms with Gasteiger partial charge in [-0.15, -0.1) is 0 Å². The highest BCUT2D eigenvalue weighted by Crippen LogP contribution is 2.16. The van der Waals surface area contributed by atoms with E-state index in [2.05, 4.69) is 22.1 Å². The highest BCUT2D eigenvalue weighted by molar-refractivity contribution is 5.80. The third-order valence-corrected chi connectivity index (χ3v) is 3.19. The van der Waals surface area contributed by atoms with Crippen molar-refractivity contribution in [3.8, 4) is 0 Å². The van der Waals surface area contributed by atoms with Gasteiger partial charge in [0.2, 0.25) is 0 Å². The van der Waals surface area contributed by atoms with E-state index in [1.807, 2.05) is 6.92 Å². The number of nitrogens with zero attached hydrogens (tertiary/aromatic N) is 2. The minimum Gasteiger partial charge on any atom is -0.396 e. The van der Waals surface area contributed by atoms with E-state index in [9.17, 15) is 0 Å². The number of likely N-dealkylation sites (tertiary alicyclic amines) is 1. The molecular weight excluding hydrogens is 230 g/mol. The summed E-state index contributed by atoms with van der Waals surface area (Å²) in [5.41, 5.74) is 0. The number of guanidine groups is 1. The zero-order chi connectivity index (χ0) is 13.4. The number of aliphatic imine (C=N–C) groups is 1. The Morgan fingerprint density at radius 1 is 1.61 bits per heavy atom. The van der Waals surface area contributed by atoms with Gasteiger partial charge in [-0.05, 0) is 19.3 Å². The van der Waals surface area contributed by atoms with Crippen LogP contribution in [0.25, 0.3) is 0 Å². The lowest BCUT2D eigenvalue weighted by Crippen LogP contribution is -2.40. The van der Waals surface area contributed by atoms with Crippen LogP contribution in [0, 0.1) is 11.8 Å². The van der Waals surface area contributed by atoms with Crippen LogP contribution in [0.2, 0.25) is 0 Å². The number of nitrogens with one attached hydrogen (secondary N) is 1. The van der Waals surface area contributed by atoms with Crippen LogP contribution in [0.1, 0.15) is 20.3 Å². The molecule has 1 rings (SSSR count). The SMILES string of the molecule is CCNC(=NCC(C)CO)N1CCC(COC)C1. The molecule has 0 aromatic heterocycles. The molecule has 1 heterocycles. The summed E-state index contributed by atoms with van der Waals surface area (Å²) in [5, 5.41) is 12.4. The van der Waals surface area contributed by atoms with Gasteiger partial charge >= 0.3 is 0 Å². The van der Waals surface area contributed by atoms with Crippen LogP contribution in [0.15, 0.2) is 4.99 Å². The zero-order valence-electron chi connectivity index (χ0n) is 11.9. The van der Waals surface area contributed by atoms with Crippen molar-refractivity contribution >= 4 is 5.96 Å². The van der Waals surface area contributed by atoms with Crippen molar-refractivity contribution in [2.24, 2.45) is 16.8 Å². The Hall–Kier alpha value is -0.810. The molecule has 0 aromatic carbocycles. The minimum atomic E-state index is 0.190. The van der Waals surface area contributed by atoms with Gasteiger partial charge in [0, 0.05) is 45.8 Å². The molecule has 0 aromatic rings. The van der Waals surface area contributed by atoms with E-state index in [1.165, 1.54) is 0 Å². The first kappa shape index (κ1) is 15.2. The number of methoxy groups -OCH3 is 1. The van der Waals surface area contributed by atoms with Crippen molar-refractivity contribution in [1.82, 2.24) is 10.2 Å². The van der Waals surface area contributed by atoms with Crippen molar-refractivity contribution in [2.75, 3.05) is 46.5 Å². The Bertz CT molecular complexity index is 259. The van der Waals surface area contributed by atoms with E-state index in [4.69, 9.17) is 9.84 Å². The molecule has 2 atom stereocenters. The zero-order valence-corrected chi connectivity index (χ0v) is 11.9. The van der Waals surface area contributed by atoms with Gasteiger partial charge in [0.1, 0.15) is 0 Å². The second-order valence-electron chi connectivity index (χ2n) is 5.04. The van der Waals surface area contributed by atoms with Crippen LogP contribution in [0.4, 0.5) is 0 Å². The first-order chi connectivity index (χ1) is 8.71. The molecular formula is C13H27N3O2. The largest absolute Gasteiger partial charge is 0.396 e. The molecule has 0 aliphatic carbocycles. The van der Waals surface area contributed by atoms with Gasteiger partial charge in [-0.3, -0.25) is 4.99 Å². The molecule has 1 fully saturated rings. The van der Waals surface area contributed by atoms with E-state index < -0.39 is 0 Å². The third kappa shape index (κ3) is 4.82. The van der Waals surface area contributed by atoms with Gasteiger partial charge in [-0.25, -0.2) is 0 Å². The number of hydrogen-bond acceptors (Lipinski definition) is 3. The van der Waals surface area contributed by atoms with Crippen molar-refractivity contribution < 1.29 is 9.84 Å². The van der Waals surface area contributed by atoms with Gasteiger partial charge in [0.15, 0.2) is 5.96 Å². The first-order valence-electron chi connectivity index (χ1n) is 6.84. The molecule has 0 bridgehead atoms. The van der Waals surface area contributed by atoms with Gasteiger partial charge in [0.05, 0.1) is 6.61 Å². The van der Waals surface area contributed by atoms with Crippen LogP contribution in [-0.4, -0.2) is 62.5 Å². The monoisotopic (exact) mass is 257 g/mol. The lowest BCUT2D eigenvalue weighted by molar-refractivity contribution is 0.157. The van der Waals surface area contributed by atoms with Crippen LogP contribution >= 0.6 is 0 Å². The van der Waals surface area contributed by atoms with E-state index >= 15 is 0 Å². The highest BCUT2D eigenvalue weighted by Gasteiger charge is 2.24. The predicted molar refractivity (Wildman–Crippen MR) is 73.8 cm³/mol. The molecule has 1 aliphatic heterocycles. The number of ether oxygens (including phenoxy) is 1. The number of aliphatic hydroxyl groups is 1. The fraction of sp³-hybridized carbons (Fsp3) is 0.923. The number of rotatable bonds is 6. The number of hydrogen-bond donors (Lipinski definition) is 2. The van der Waals surface area contributed by atoms with E-state index in [0.717, 1.165) is 38.6 Å². The van der Waals surface area contributed by atoms with E-state index in [1.54, 1.807) is 7.11 Å². The van der Waals surface area contributed by atoms with E-state index in [0.29, 0.717) is 12.5 Å². The molecule has 1 aliphatic rings. The molecule has 0 saturated carbocycles. The summed E-state index contributed by atoms with van der Waals surface area (Å²) in [4.78, 5) is 6.88. The smallest absolute Gasteiger partial charge is 0.193 e. The Morgan fingerprint density at radius 2 is 2.39 bits per heavy atom. The molecule has 2 N–H and O–H groups in total. The lowest BCUT2D eigenvalue weighted by Gasteiger charge is -2.22. The van der Waals surface area contributed by atoms with Crippen molar-refractivity contribution in [1.29, 1.82) is 0 Å². The Morgan fingerprint density at radius 3 is 3.00 bits per heavy atom. The summed E-state index contributed by atoms with van der Waals surface area (Å²) in [6.07, 6.45) is 1.16. The number of aliphatic hydroxyl groups excluding tert-OH is 1. The quantitative estimate of drug-likeness (QED) is 0.539. The lowest BCUT2D eigenvalue weighted by atomic mass is 10.1. The second kappa shape index (κ2) is 8.32. The summed E-state index contributed by atoms with van der Waals surface area (Å²) in [6.45, 7) is 8.68. The normalized spacial score (nSPS) is 22.3. The van der Waals surface area contributed by atoms with Gasteiger partial charge in [-0.2, -0.15) is 0 Å². The third-order valence-electron chi connectivity index (χ3n) is 3.19. The molecule has 5 heteroatoms. The molecule has 2 unspecified atom stereocenters. The molecule has 106 valence electrons. The van der Waals surface area contributed by atoms with Crippen LogP contribution < -0.4 is 5.32 Å². The van der Waals surface area contributed by atoms with Crippen LogP contribution in [0.5, 0.6) is 0 Å². The second-order valence-corrected chi connectivity index (χ2v) is 5.04. The Balaban J connectivity index is 2.51. The fourth-order valence-electron chi connectivity index (χ4n) is 2.12.